The molecule has 98 valence electrons. The van der Waals surface area contributed by atoms with Gasteiger partial charge in [-0.05, 0) is 23.8 Å². The number of aromatic nitrogens is 1. The van der Waals surface area contributed by atoms with E-state index in [4.69, 9.17) is 5.11 Å². The third-order valence-corrected chi connectivity index (χ3v) is 2.59. The van der Waals surface area contributed by atoms with Crippen molar-refractivity contribution in [2.45, 2.75) is 6.54 Å². The fourth-order valence-electron chi connectivity index (χ4n) is 1.69. The van der Waals surface area contributed by atoms with Crippen molar-refractivity contribution in [3.8, 4) is 0 Å². The van der Waals surface area contributed by atoms with Crippen molar-refractivity contribution >= 4 is 5.97 Å². The van der Waals surface area contributed by atoms with E-state index in [1.54, 1.807) is 0 Å². The van der Waals surface area contributed by atoms with Crippen LogP contribution >= 0.6 is 0 Å². The van der Waals surface area contributed by atoms with Crippen LogP contribution < -0.4 is 5.56 Å². The zero-order valence-electron chi connectivity index (χ0n) is 9.64. The van der Waals surface area contributed by atoms with Crippen LogP contribution in [0.3, 0.4) is 0 Å². The van der Waals surface area contributed by atoms with Gasteiger partial charge in [-0.2, -0.15) is 0 Å². The topological polar surface area (TPSA) is 59.3 Å². The minimum absolute atomic E-state index is 0.140. The van der Waals surface area contributed by atoms with Gasteiger partial charge in [-0.1, -0.05) is 12.1 Å². The average Bonchev–Trinajstić information content (AvgIpc) is 2.36. The van der Waals surface area contributed by atoms with Crippen molar-refractivity contribution in [1.29, 1.82) is 0 Å². The standard InChI is InChI=1S/C13H9F2NO3/c14-9-5-4-8(6-10(9)15)7-16-11(13(18)19)2-1-3-12(16)17/h1-6H,7H2,(H,18,19). The molecular weight excluding hydrogens is 256 g/mol. The Hall–Kier alpha value is -2.50. The van der Waals surface area contributed by atoms with E-state index >= 15 is 0 Å². The summed E-state index contributed by atoms with van der Waals surface area (Å²) in [6.07, 6.45) is 0. The lowest BCUT2D eigenvalue weighted by atomic mass is 10.2. The molecule has 4 nitrogen and oxygen atoms in total. The number of carboxylic acid groups (broad SMARTS) is 1. The molecule has 0 atom stereocenters. The van der Waals surface area contributed by atoms with Crippen molar-refractivity contribution in [2.75, 3.05) is 0 Å². The highest BCUT2D eigenvalue weighted by Crippen LogP contribution is 2.10. The van der Waals surface area contributed by atoms with Crippen LogP contribution in [0.5, 0.6) is 0 Å². The second-order valence-electron chi connectivity index (χ2n) is 3.89. The summed E-state index contributed by atoms with van der Waals surface area (Å²) in [5, 5.41) is 8.97. The quantitative estimate of drug-likeness (QED) is 0.921. The van der Waals surface area contributed by atoms with Crippen molar-refractivity contribution < 1.29 is 18.7 Å². The maximum atomic E-state index is 13.1. The van der Waals surface area contributed by atoms with Crippen LogP contribution in [0.15, 0.2) is 41.2 Å². The Kier molecular flexibility index (Phi) is 3.41. The number of rotatable bonds is 3. The summed E-state index contributed by atoms with van der Waals surface area (Å²) < 4.78 is 26.8. The van der Waals surface area contributed by atoms with Crippen LogP contribution in [0.4, 0.5) is 8.78 Å². The summed E-state index contributed by atoms with van der Waals surface area (Å²) in [6, 6.07) is 6.95. The first-order valence-corrected chi connectivity index (χ1v) is 5.36. The van der Waals surface area contributed by atoms with E-state index in [1.807, 2.05) is 0 Å². The van der Waals surface area contributed by atoms with Gasteiger partial charge >= 0.3 is 5.97 Å². The highest BCUT2D eigenvalue weighted by molar-refractivity contribution is 5.85. The molecule has 0 bridgehead atoms. The number of carbonyl (C=O) groups is 1. The molecular formula is C13H9F2NO3. The first-order valence-electron chi connectivity index (χ1n) is 5.36. The van der Waals surface area contributed by atoms with Gasteiger partial charge in [0.05, 0.1) is 6.54 Å². The van der Waals surface area contributed by atoms with Gasteiger partial charge in [0.1, 0.15) is 5.69 Å². The number of halogens is 2. The van der Waals surface area contributed by atoms with Crippen LogP contribution in [0, 0.1) is 11.6 Å². The zero-order chi connectivity index (χ0) is 14.0. The van der Waals surface area contributed by atoms with Gasteiger partial charge in [-0.15, -0.1) is 0 Å². The second-order valence-corrected chi connectivity index (χ2v) is 3.89. The van der Waals surface area contributed by atoms with E-state index in [-0.39, 0.29) is 12.2 Å². The number of aromatic carboxylic acids is 1. The molecule has 6 heteroatoms. The average molecular weight is 265 g/mol. The molecule has 0 unspecified atom stereocenters. The Morgan fingerprint density at radius 2 is 1.89 bits per heavy atom. The third kappa shape index (κ3) is 2.67. The number of nitrogens with zero attached hydrogens (tertiary/aromatic N) is 1. The maximum Gasteiger partial charge on any atom is 0.352 e. The molecule has 1 aromatic carbocycles. The third-order valence-electron chi connectivity index (χ3n) is 2.59. The largest absolute Gasteiger partial charge is 0.477 e. The van der Waals surface area contributed by atoms with E-state index in [0.717, 1.165) is 16.7 Å². The first-order chi connectivity index (χ1) is 8.99. The minimum Gasteiger partial charge on any atom is -0.477 e. The first kappa shape index (κ1) is 12.9. The van der Waals surface area contributed by atoms with Gasteiger partial charge in [0.15, 0.2) is 11.6 Å². The molecule has 1 aromatic heterocycles. The van der Waals surface area contributed by atoms with Gasteiger partial charge < -0.3 is 5.11 Å². The number of benzene rings is 1. The van der Waals surface area contributed by atoms with Gasteiger partial charge in [0.25, 0.3) is 5.56 Å². The predicted molar refractivity (Wildman–Crippen MR) is 63.1 cm³/mol. The molecule has 1 N–H and O–H groups in total. The molecule has 0 aliphatic rings. The van der Waals surface area contributed by atoms with Crippen LogP contribution in [0.1, 0.15) is 16.1 Å². The number of hydrogen-bond donors (Lipinski definition) is 1. The SMILES string of the molecule is O=C(O)c1cccc(=O)n1Cc1ccc(F)c(F)c1. The van der Waals surface area contributed by atoms with E-state index in [0.29, 0.717) is 5.56 Å². The normalized spacial score (nSPS) is 10.4. The molecule has 0 saturated carbocycles. The van der Waals surface area contributed by atoms with E-state index in [1.165, 1.54) is 24.3 Å². The second kappa shape index (κ2) is 5.01. The Morgan fingerprint density at radius 3 is 2.53 bits per heavy atom. The van der Waals surface area contributed by atoms with Gasteiger partial charge in [0, 0.05) is 6.07 Å². The lowest BCUT2D eigenvalue weighted by molar-refractivity contribution is 0.0684. The summed E-state index contributed by atoms with van der Waals surface area (Å²) in [5.41, 5.74) is -0.434. The Bertz CT molecular complexity index is 695. The van der Waals surface area contributed by atoms with Crippen LogP contribution in [-0.4, -0.2) is 15.6 Å². The van der Waals surface area contributed by atoms with Gasteiger partial charge in [-0.25, -0.2) is 13.6 Å². The lowest BCUT2D eigenvalue weighted by Gasteiger charge is -2.09. The minimum atomic E-state index is -1.26. The Morgan fingerprint density at radius 1 is 1.16 bits per heavy atom. The fourth-order valence-corrected chi connectivity index (χ4v) is 1.69. The Labute approximate surface area is 106 Å². The number of carboxylic acids is 1. The molecule has 0 amide bonds. The highest BCUT2D eigenvalue weighted by atomic mass is 19.2. The molecule has 2 aromatic rings. The Balaban J connectivity index is 2.46. The molecule has 19 heavy (non-hydrogen) atoms. The summed E-state index contributed by atoms with van der Waals surface area (Å²) in [7, 11) is 0. The summed E-state index contributed by atoms with van der Waals surface area (Å²) in [4.78, 5) is 22.6. The predicted octanol–water partition coefficient (Wildman–Crippen LogP) is 1.87. The van der Waals surface area contributed by atoms with Gasteiger partial charge in [-0.3, -0.25) is 9.36 Å². The maximum absolute atomic E-state index is 13.1. The lowest BCUT2D eigenvalue weighted by Crippen LogP contribution is -2.25. The van der Waals surface area contributed by atoms with Crippen molar-refractivity contribution in [3.63, 3.8) is 0 Å². The van der Waals surface area contributed by atoms with Crippen molar-refractivity contribution in [2.24, 2.45) is 0 Å². The number of hydrogen-bond acceptors (Lipinski definition) is 2. The van der Waals surface area contributed by atoms with E-state index in [9.17, 15) is 18.4 Å². The molecule has 0 aliphatic carbocycles. The van der Waals surface area contributed by atoms with Crippen LogP contribution in [-0.2, 0) is 6.54 Å². The summed E-state index contributed by atoms with van der Waals surface area (Å²) >= 11 is 0. The van der Waals surface area contributed by atoms with Gasteiger partial charge in [0.2, 0.25) is 0 Å². The molecule has 1 heterocycles. The van der Waals surface area contributed by atoms with Crippen molar-refractivity contribution in [1.82, 2.24) is 4.57 Å². The smallest absolute Gasteiger partial charge is 0.352 e. The summed E-state index contributed by atoms with van der Waals surface area (Å²) in [6.45, 7) is -0.140. The fraction of sp³-hybridized carbons (Fsp3) is 0.0769. The van der Waals surface area contributed by atoms with E-state index < -0.39 is 23.2 Å². The number of pyridine rings is 1. The van der Waals surface area contributed by atoms with Crippen LogP contribution in [0.2, 0.25) is 0 Å². The molecule has 0 fully saturated rings. The van der Waals surface area contributed by atoms with Crippen LogP contribution in [0.25, 0.3) is 0 Å². The highest BCUT2D eigenvalue weighted by Gasteiger charge is 2.11. The zero-order valence-corrected chi connectivity index (χ0v) is 9.64. The summed E-state index contributed by atoms with van der Waals surface area (Å²) in [5.74, 6) is -3.30. The molecule has 0 radical (unpaired) electrons. The molecule has 2 rings (SSSR count). The van der Waals surface area contributed by atoms with Crippen molar-refractivity contribution in [3.05, 3.63) is 69.6 Å². The molecule has 0 spiro atoms. The molecule has 0 aliphatic heterocycles. The monoisotopic (exact) mass is 265 g/mol. The van der Waals surface area contributed by atoms with E-state index in [2.05, 4.69) is 0 Å². The molecule has 0 saturated heterocycles.